The molecule has 0 aromatic heterocycles. The molecule has 0 spiro atoms. The van der Waals surface area contributed by atoms with Crippen molar-refractivity contribution in [2.75, 3.05) is 6.54 Å². The zero-order valence-corrected chi connectivity index (χ0v) is 13.0. The Morgan fingerprint density at radius 3 is 2.11 bits per heavy atom. The predicted molar refractivity (Wildman–Crippen MR) is 79.7 cm³/mol. The highest BCUT2D eigenvalue weighted by atomic mass is 14.9. The van der Waals surface area contributed by atoms with Gasteiger partial charge in [-0.3, -0.25) is 0 Å². The number of hydrogen-bond acceptors (Lipinski definition) is 1. The third kappa shape index (κ3) is 3.10. The molecule has 18 heavy (non-hydrogen) atoms. The minimum atomic E-state index is 0.581. The van der Waals surface area contributed by atoms with Crippen molar-refractivity contribution in [3.8, 4) is 0 Å². The average molecular weight is 251 g/mol. The van der Waals surface area contributed by atoms with Crippen LogP contribution in [0, 0.1) is 23.2 Å². The molecule has 0 saturated heterocycles. The molecule has 3 unspecified atom stereocenters. The summed E-state index contributed by atoms with van der Waals surface area (Å²) in [5.41, 5.74) is 0.581. The van der Waals surface area contributed by atoms with E-state index >= 15 is 0 Å². The molecule has 2 aliphatic carbocycles. The SMILES string of the molecule is CCNC(C1CC(C)CC(C)C1)C1(C)CCCC1. The first-order valence-electron chi connectivity index (χ1n) is 8.28. The summed E-state index contributed by atoms with van der Waals surface area (Å²) in [5, 5.41) is 3.88. The quantitative estimate of drug-likeness (QED) is 0.769. The van der Waals surface area contributed by atoms with Gasteiger partial charge in [0.15, 0.2) is 0 Å². The summed E-state index contributed by atoms with van der Waals surface area (Å²) >= 11 is 0. The van der Waals surface area contributed by atoms with Crippen molar-refractivity contribution in [1.82, 2.24) is 5.32 Å². The van der Waals surface area contributed by atoms with Crippen LogP contribution < -0.4 is 5.32 Å². The molecule has 0 aromatic carbocycles. The molecule has 2 rings (SSSR count). The maximum absolute atomic E-state index is 3.88. The van der Waals surface area contributed by atoms with Gasteiger partial charge in [-0.1, -0.05) is 40.5 Å². The third-order valence-electron chi connectivity index (χ3n) is 5.61. The third-order valence-corrected chi connectivity index (χ3v) is 5.61. The van der Waals surface area contributed by atoms with E-state index in [1.54, 1.807) is 0 Å². The standard InChI is InChI=1S/C17H33N/c1-5-18-16(17(4)8-6-7-9-17)15-11-13(2)10-14(3)12-15/h13-16,18H,5-12H2,1-4H3. The monoisotopic (exact) mass is 251 g/mol. The van der Waals surface area contributed by atoms with E-state index in [9.17, 15) is 0 Å². The fraction of sp³-hybridized carbons (Fsp3) is 1.00. The molecular formula is C17H33N. The van der Waals surface area contributed by atoms with Crippen LogP contribution in [0.15, 0.2) is 0 Å². The van der Waals surface area contributed by atoms with Gasteiger partial charge < -0.3 is 5.32 Å². The Kier molecular flexibility index (Phi) is 4.75. The maximum Gasteiger partial charge on any atom is 0.0149 e. The summed E-state index contributed by atoms with van der Waals surface area (Å²) in [5.74, 6) is 2.79. The van der Waals surface area contributed by atoms with E-state index in [0.29, 0.717) is 5.41 Å². The van der Waals surface area contributed by atoms with E-state index in [1.807, 2.05) is 0 Å². The number of nitrogens with one attached hydrogen (secondary N) is 1. The van der Waals surface area contributed by atoms with E-state index in [2.05, 4.69) is 33.0 Å². The summed E-state index contributed by atoms with van der Waals surface area (Å²) in [7, 11) is 0. The Morgan fingerprint density at radius 2 is 1.61 bits per heavy atom. The molecule has 0 aromatic rings. The van der Waals surface area contributed by atoms with Crippen molar-refractivity contribution < 1.29 is 0 Å². The molecule has 0 heterocycles. The first kappa shape index (κ1) is 14.4. The Labute approximate surface area is 114 Å². The van der Waals surface area contributed by atoms with E-state index in [0.717, 1.165) is 30.3 Å². The normalized spacial score (nSPS) is 37.7. The molecule has 3 atom stereocenters. The first-order chi connectivity index (χ1) is 8.55. The van der Waals surface area contributed by atoms with E-state index in [1.165, 1.54) is 44.9 Å². The summed E-state index contributed by atoms with van der Waals surface area (Å²) < 4.78 is 0. The lowest BCUT2D eigenvalue weighted by molar-refractivity contribution is 0.0961. The van der Waals surface area contributed by atoms with Crippen LogP contribution >= 0.6 is 0 Å². The van der Waals surface area contributed by atoms with Crippen LogP contribution in [0.4, 0.5) is 0 Å². The lowest BCUT2D eigenvalue weighted by Gasteiger charge is -2.44. The molecule has 1 N–H and O–H groups in total. The molecule has 0 amide bonds. The van der Waals surface area contributed by atoms with Gasteiger partial charge in [0, 0.05) is 6.04 Å². The smallest absolute Gasteiger partial charge is 0.0149 e. The summed E-state index contributed by atoms with van der Waals surface area (Å²) in [6.45, 7) is 10.9. The van der Waals surface area contributed by atoms with Gasteiger partial charge in [0.05, 0.1) is 0 Å². The van der Waals surface area contributed by atoms with Crippen LogP contribution in [0.2, 0.25) is 0 Å². The van der Waals surface area contributed by atoms with Gasteiger partial charge in [0.1, 0.15) is 0 Å². The first-order valence-corrected chi connectivity index (χ1v) is 8.28. The minimum Gasteiger partial charge on any atom is -0.313 e. The van der Waals surface area contributed by atoms with Crippen molar-refractivity contribution >= 4 is 0 Å². The molecule has 2 saturated carbocycles. The fourth-order valence-corrected chi connectivity index (χ4v) is 4.98. The second-order valence-corrected chi connectivity index (χ2v) is 7.57. The number of rotatable bonds is 4. The topological polar surface area (TPSA) is 12.0 Å². The minimum absolute atomic E-state index is 0.581. The fourth-order valence-electron chi connectivity index (χ4n) is 4.98. The highest BCUT2D eigenvalue weighted by Crippen LogP contribution is 2.47. The highest BCUT2D eigenvalue weighted by molar-refractivity contribution is 4.96. The zero-order chi connectivity index (χ0) is 13.2. The molecule has 2 aliphatic rings. The van der Waals surface area contributed by atoms with Crippen molar-refractivity contribution in [3.63, 3.8) is 0 Å². The van der Waals surface area contributed by atoms with Crippen molar-refractivity contribution in [2.45, 2.75) is 78.7 Å². The molecule has 1 nitrogen and oxygen atoms in total. The van der Waals surface area contributed by atoms with Gasteiger partial charge >= 0.3 is 0 Å². The molecule has 2 fully saturated rings. The van der Waals surface area contributed by atoms with E-state index in [-0.39, 0.29) is 0 Å². The van der Waals surface area contributed by atoms with Crippen molar-refractivity contribution in [2.24, 2.45) is 23.2 Å². The van der Waals surface area contributed by atoms with Gasteiger partial charge in [-0.25, -0.2) is 0 Å². The largest absolute Gasteiger partial charge is 0.313 e. The zero-order valence-electron chi connectivity index (χ0n) is 13.0. The van der Waals surface area contributed by atoms with E-state index < -0.39 is 0 Å². The molecule has 0 bridgehead atoms. The van der Waals surface area contributed by atoms with Gasteiger partial charge in [-0.15, -0.1) is 0 Å². The van der Waals surface area contributed by atoms with Gasteiger partial charge in [-0.05, 0) is 61.8 Å². The Balaban J connectivity index is 2.08. The van der Waals surface area contributed by atoms with Gasteiger partial charge in [-0.2, -0.15) is 0 Å². The Morgan fingerprint density at radius 1 is 1.06 bits per heavy atom. The molecule has 0 radical (unpaired) electrons. The van der Waals surface area contributed by atoms with Crippen LogP contribution in [0.3, 0.4) is 0 Å². The van der Waals surface area contributed by atoms with Crippen LogP contribution in [0.1, 0.15) is 72.6 Å². The van der Waals surface area contributed by atoms with Crippen LogP contribution in [0.25, 0.3) is 0 Å². The lowest BCUT2D eigenvalue weighted by Crippen LogP contribution is -2.49. The second-order valence-electron chi connectivity index (χ2n) is 7.57. The lowest BCUT2D eigenvalue weighted by atomic mass is 9.66. The summed E-state index contributed by atoms with van der Waals surface area (Å²) in [4.78, 5) is 0. The Bertz CT molecular complexity index is 244. The van der Waals surface area contributed by atoms with Gasteiger partial charge in [0.2, 0.25) is 0 Å². The molecule has 0 aliphatic heterocycles. The van der Waals surface area contributed by atoms with Crippen molar-refractivity contribution in [3.05, 3.63) is 0 Å². The molecule has 106 valence electrons. The van der Waals surface area contributed by atoms with Crippen LogP contribution in [-0.2, 0) is 0 Å². The molecular weight excluding hydrogens is 218 g/mol. The Hall–Kier alpha value is -0.0400. The molecule has 1 heteroatoms. The number of hydrogen-bond donors (Lipinski definition) is 1. The van der Waals surface area contributed by atoms with Crippen molar-refractivity contribution in [1.29, 1.82) is 0 Å². The predicted octanol–water partition coefficient (Wildman–Crippen LogP) is 4.62. The second kappa shape index (κ2) is 5.94. The summed E-state index contributed by atoms with van der Waals surface area (Å²) in [6, 6.07) is 0.773. The maximum atomic E-state index is 3.88. The highest BCUT2D eigenvalue weighted by Gasteiger charge is 2.42. The summed E-state index contributed by atoms with van der Waals surface area (Å²) in [6.07, 6.45) is 10.2. The van der Waals surface area contributed by atoms with Gasteiger partial charge in [0.25, 0.3) is 0 Å². The van der Waals surface area contributed by atoms with Crippen LogP contribution in [-0.4, -0.2) is 12.6 Å². The van der Waals surface area contributed by atoms with Crippen LogP contribution in [0.5, 0.6) is 0 Å². The average Bonchev–Trinajstić information content (AvgIpc) is 2.72. The van der Waals surface area contributed by atoms with E-state index in [4.69, 9.17) is 0 Å².